The van der Waals surface area contributed by atoms with Crippen molar-refractivity contribution >= 4 is 16.9 Å². The summed E-state index contributed by atoms with van der Waals surface area (Å²) in [5, 5.41) is 0. The van der Waals surface area contributed by atoms with Crippen LogP contribution in [0.3, 0.4) is 0 Å². The minimum atomic E-state index is 0.305. The third-order valence-corrected chi connectivity index (χ3v) is 7.12. The molecule has 4 aromatic rings. The molecule has 1 aliphatic heterocycles. The molecule has 1 saturated heterocycles. The van der Waals surface area contributed by atoms with Crippen LogP contribution >= 0.6 is 0 Å². The molecule has 1 atom stereocenters. The summed E-state index contributed by atoms with van der Waals surface area (Å²) in [6.45, 7) is 4.77. The number of likely N-dealkylation sites (tertiary alicyclic amines) is 1. The van der Waals surface area contributed by atoms with Crippen LogP contribution in [0.15, 0.2) is 72.8 Å². The van der Waals surface area contributed by atoms with Crippen molar-refractivity contribution in [2.75, 3.05) is 13.1 Å². The Balaban J connectivity index is 1.32. The molecule has 0 radical (unpaired) electrons. The summed E-state index contributed by atoms with van der Waals surface area (Å²) in [7, 11) is 0. The fraction of sp³-hybridized carbons (Fsp3) is 0.310. The van der Waals surface area contributed by atoms with Crippen LogP contribution in [0.2, 0.25) is 0 Å². The molecule has 1 saturated carbocycles. The first kappa shape index (κ1) is 20.2. The summed E-state index contributed by atoms with van der Waals surface area (Å²) in [5.41, 5.74) is 7.01. The second-order valence-corrected chi connectivity index (χ2v) is 9.69. The number of benzene rings is 3. The van der Waals surface area contributed by atoms with E-state index in [9.17, 15) is 4.79 Å². The van der Waals surface area contributed by atoms with Crippen molar-refractivity contribution < 1.29 is 4.79 Å². The normalized spacial score (nSPS) is 18.2. The number of imidazole rings is 1. The van der Waals surface area contributed by atoms with Crippen LogP contribution in [0, 0.1) is 18.8 Å². The van der Waals surface area contributed by atoms with Crippen LogP contribution in [-0.4, -0.2) is 33.4 Å². The molecule has 4 heteroatoms. The van der Waals surface area contributed by atoms with E-state index < -0.39 is 0 Å². The predicted octanol–water partition coefficient (Wildman–Crippen LogP) is 5.94. The van der Waals surface area contributed by atoms with Crippen LogP contribution in [-0.2, 0) is 11.3 Å². The number of nitrogens with zero attached hydrogens (tertiary/aromatic N) is 3. The van der Waals surface area contributed by atoms with Crippen molar-refractivity contribution in [3.05, 3.63) is 78.4 Å². The van der Waals surface area contributed by atoms with E-state index >= 15 is 0 Å². The van der Waals surface area contributed by atoms with Crippen LogP contribution in [0.5, 0.6) is 0 Å². The minimum Gasteiger partial charge on any atom is -0.342 e. The number of aryl methyl sites for hydroxylation is 1. The first-order valence-electron chi connectivity index (χ1n) is 12.1. The van der Waals surface area contributed by atoms with Gasteiger partial charge in [0.15, 0.2) is 0 Å². The highest BCUT2D eigenvalue weighted by molar-refractivity contribution is 5.82. The van der Waals surface area contributed by atoms with Gasteiger partial charge < -0.3 is 9.47 Å². The second-order valence-electron chi connectivity index (χ2n) is 9.69. The Bertz CT molecular complexity index is 1300. The fourth-order valence-corrected chi connectivity index (χ4v) is 5.12. The maximum absolute atomic E-state index is 12.5. The van der Waals surface area contributed by atoms with Gasteiger partial charge in [-0.3, -0.25) is 4.79 Å². The van der Waals surface area contributed by atoms with Crippen molar-refractivity contribution in [1.29, 1.82) is 0 Å². The molecule has 1 aromatic heterocycles. The van der Waals surface area contributed by atoms with Crippen molar-refractivity contribution in [2.24, 2.45) is 11.8 Å². The molecule has 33 heavy (non-hydrogen) atoms. The number of rotatable bonds is 5. The lowest BCUT2D eigenvalue weighted by atomic mass is 10.0. The Morgan fingerprint density at radius 3 is 2.39 bits per heavy atom. The second kappa shape index (κ2) is 8.18. The number of fused-ring (bicyclic) bond motifs is 1. The van der Waals surface area contributed by atoms with Crippen molar-refractivity contribution in [3.63, 3.8) is 0 Å². The molecule has 0 unspecified atom stereocenters. The predicted molar refractivity (Wildman–Crippen MR) is 133 cm³/mol. The van der Waals surface area contributed by atoms with Gasteiger partial charge in [-0.05, 0) is 60.9 Å². The molecule has 1 aliphatic carbocycles. The first-order valence-corrected chi connectivity index (χ1v) is 12.1. The molecule has 2 aliphatic rings. The number of carbonyl (C=O) groups excluding carboxylic acids is 1. The lowest BCUT2D eigenvalue weighted by Crippen LogP contribution is -2.30. The van der Waals surface area contributed by atoms with Gasteiger partial charge in [0.2, 0.25) is 5.91 Å². The molecular formula is C29H29N3O. The van der Waals surface area contributed by atoms with Gasteiger partial charge in [0.05, 0.1) is 11.0 Å². The fourth-order valence-electron chi connectivity index (χ4n) is 5.12. The smallest absolute Gasteiger partial charge is 0.225 e. The summed E-state index contributed by atoms with van der Waals surface area (Å²) >= 11 is 0. The van der Waals surface area contributed by atoms with Gasteiger partial charge in [-0.15, -0.1) is 0 Å². The average molecular weight is 436 g/mol. The van der Waals surface area contributed by atoms with E-state index in [2.05, 4.69) is 83.1 Å². The standard InChI is InChI=1S/C29H29N3O/c1-20-7-14-27-26(17-20)30-28(24-10-8-23(9-11-24)22-5-3-2-4-6-22)32(27)19-21-15-16-31(18-21)29(33)25-12-13-25/h2-11,14,17,21,25H,12-13,15-16,18-19H2,1H3/t21-/m1/s1. The largest absolute Gasteiger partial charge is 0.342 e. The SMILES string of the molecule is Cc1ccc2c(c1)nc(-c1ccc(-c3ccccc3)cc1)n2C[C@@H]1CCN(C(=O)C2CC2)C1. The van der Waals surface area contributed by atoms with Gasteiger partial charge in [-0.1, -0.05) is 60.7 Å². The quantitative estimate of drug-likeness (QED) is 0.389. The number of hydrogen-bond acceptors (Lipinski definition) is 2. The first-order chi connectivity index (χ1) is 16.2. The zero-order chi connectivity index (χ0) is 22.4. The molecule has 0 spiro atoms. The van der Waals surface area contributed by atoms with E-state index in [0.29, 0.717) is 17.7 Å². The average Bonchev–Trinajstić information content (AvgIpc) is 3.50. The molecule has 1 amide bonds. The summed E-state index contributed by atoms with van der Waals surface area (Å²) in [5.74, 6) is 2.16. The lowest BCUT2D eigenvalue weighted by Gasteiger charge is -2.18. The summed E-state index contributed by atoms with van der Waals surface area (Å²) in [6, 6.07) is 25.8. The summed E-state index contributed by atoms with van der Waals surface area (Å²) < 4.78 is 2.38. The highest BCUT2D eigenvalue weighted by Crippen LogP contribution is 2.34. The van der Waals surface area contributed by atoms with E-state index in [4.69, 9.17) is 4.98 Å². The van der Waals surface area contributed by atoms with Gasteiger partial charge in [-0.25, -0.2) is 4.98 Å². The van der Waals surface area contributed by atoms with Gasteiger partial charge in [0.25, 0.3) is 0 Å². The summed E-state index contributed by atoms with van der Waals surface area (Å²) in [4.78, 5) is 19.7. The monoisotopic (exact) mass is 435 g/mol. The van der Waals surface area contributed by atoms with Crippen molar-refractivity contribution in [1.82, 2.24) is 14.5 Å². The third kappa shape index (κ3) is 3.95. The molecule has 6 rings (SSSR count). The Kier molecular flexibility index (Phi) is 5.01. The third-order valence-electron chi connectivity index (χ3n) is 7.12. The Morgan fingerprint density at radius 1 is 0.909 bits per heavy atom. The van der Waals surface area contributed by atoms with E-state index in [-0.39, 0.29) is 0 Å². The molecule has 2 fully saturated rings. The molecule has 4 nitrogen and oxygen atoms in total. The molecule has 0 bridgehead atoms. The Hall–Kier alpha value is -3.40. The van der Waals surface area contributed by atoms with E-state index in [1.807, 2.05) is 6.07 Å². The Morgan fingerprint density at radius 2 is 1.64 bits per heavy atom. The highest BCUT2D eigenvalue weighted by atomic mass is 16.2. The maximum atomic E-state index is 12.5. The Labute approximate surface area is 194 Å². The van der Waals surface area contributed by atoms with Crippen LogP contribution < -0.4 is 0 Å². The summed E-state index contributed by atoms with van der Waals surface area (Å²) in [6.07, 6.45) is 3.22. The zero-order valence-corrected chi connectivity index (χ0v) is 19.1. The van der Waals surface area contributed by atoms with Crippen LogP contribution in [0.4, 0.5) is 0 Å². The maximum Gasteiger partial charge on any atom is 0.225 e. The lowest BCUT2D eigenvalue weighted by molar-refractivity contribution is -0.131. The minimum absolute atomic E-state index is 0.305. The van der Waals surface area contributed by atoms with Crippen LogP contribution in [0.1, 0.15) is 24.8 Å². The van der Waals surface area contributed by atoms with Gasteiger partial charge >= 0.3 is 0 Å². The van der Waals surface area contributed by atoms with Gasteiger partial charge in [-0.2, -0.15) is 0 Å². The molecule has 3 aromatic carbocycles. The number of carbonyl (C=O) groups is 1. The molecule has 2 heterocycles. The zero-order valence-electron chi connectivity index (χ0n) is 19.1. The van der Waals surface area contributed by atoms with E-state index in [0.717, 1.165) is 55.8 Å². The van der Waals surface area contributed by atoms with Crippen molar-refractivity contribution in [2.45, 2.75) is 32.7 Å². The van der Waals surface area contributed by atoms with Crippen LogP contribution in [0.25, 0.3) is 33.5 Å². The highest BCUT2D eigenvalue weighted by Gasteiger charge is 2.36. The van der Waals surface area contributed by atoms with Gasteiger partial charge in [0, 0.05) is 31.1 Å². The van der Waals surface area contributed by atoms with E-state index in [1.54, 1.807) is 0 Å². The van der Waals surface area contributed by atoms with E-state index in [1.165, 1.54) is 22.2 Å². The topological polar surface area (TPSA) is 38.1 Å². The number of amides is 1. The van der Waals surface area contributed by atoms with Crippen molar-refractivity contribution in [3.8, 4) is 22.5 Å². The number of aromatic nitrogens is 2. The molecular weight excluding hydrogens is 406 g/mol. The molecule has 0 N–H and O–H groups in total. The number of hydrogen-bond donors (Lipinski definition) is 0. The molecule has 166 valence electrons. The van der Waals surface area contributed by atoms with Gasteiger partial charge in [0.1, 0.15) is 5.82 Å².